The van der Waals surface area contributed by atoms with Crippen LogP contribution in [0.4, 0.5) is 0 Å². The lowest BCUT2D eigenvalue weighted by atomic mass is 10.1. The first-order valence-electron chi connectivity index (χ1n) is 6.80. The maximum absolute atomic E-state index is 12.4. The van der Waals surface area contributed by atoms with Gasteiger partial charge >= 0.3 is 0 Å². The van der Waals surface area contributed by atoms with Crippen molar-refractivity contribution in [3.63, 3.8) is 0 Å². The molecule has 0 spiro atoms. The van der Waals surface area contributed by atoms with E-state index in [0.717, 1.165) is 11.3 Å². The first-order chi connectivity index (χ1) is 10.2. The van der Waals surface area contributed by atoms with Crippen molar-refractivity contribution in [2.75, 3.05) is 13.7 Å². The highest BCUT2D eigenvalue weighted by Crippen LogP contribution is 2.24. The van der Waals surface area contributed by atoms with Gasteiger partial charge in [-0.1, -0.05) is 12.1 Å². The number of tetrazole rings is 1. The summed E-state index contributed by atoms with van der Waals surface area (Å²) < 4.78 is 6.65. The second-order valence-electron chi connectivity index (χ2n) is 4.64. The van der Waals surface area contributed by atoms with Crippen LogP contribution < -0.4 is 4.74 Å². The summed E-state index contributed by atoms with van der Waals surface area (Å²) in [7, 11) is 1.63. The molecule has 112 valence electrons. The Morgan fingerprint density at radius 2 is 2.29 bits per heavy atom. The molecule has 1 unspecified atom stereocenters. The van der Waals surface area contributed by atoms with Crippen LogP contribution >= 0.6 is 0 Å². The predicted molar refractivity (Wildman–Crippen MR) is 76.6 cm³/mol. The average molecular weight is 289 g/mol. The number of hydrogen-bond acceptors (Lipinski definition) is 5. The SMILES string of the molecule is CCN(C(=O)Cn1cnnn1)C(C)c1cccc(OC)c1. The minimum Gasteiger partial charge on any atom is -0.497 e. The third-order valence-corrected chi connectivity index (χ3v) is 3.39. The van der Waals surface area contributed by atoms with Gasteiger partial charge in [-0.25, -0.2) is 4.68 Å². The lowest BCUT2D eigenvalue weighted by Gasteiger charge is -2.28. The fourth-order valence-electron chi connectivity index (χ4n) is 2.23. The van der Waals surface area contributed by atoms with Gasteiger partial charge < -0.3 is 9.64 Å². The maximum atomic E-state index is 12.4. The van der Waals surface area contributed by atoms with E-state index in [1.807, 2.05) is 38.1 Å². The Morgan fingerprint density at radius 1 is 1.48 bits per heavy atom. The Balaban J connectivity index is 2.13. The Morgan fingerprint density at radius 3 is 2.90 bits per heavy atom. The number of nitrogens with zero attached hydrogens (tertiary/aromatic N) is 5. The van der Waals surface area contributed by atoms with E-state index in [0.29, 0.717) is 6.54 Å². The molecule has 1 aromatic heterocycles. The molecule has 0 aliphatic rings. The number of ether oxygens (including phenoxy) is 1. The molecular weight excluding hydrogens is 270 g/mol. The van der Waals surface area contributed by atoms with Gasteiger partial charge in [-0.05, 0) is 42.0 Å². The van der Waals surface area contributed by atoms with E-state index in [1.54, 1.807) is 12.0 Å². The van der Waals surface area contributed by atoms with E-state index in [2.05, 4.69) is 15.5 Å². The molecule has 0 bridgehead atoms. The van der Waals surface area contributed by atoms with Gasteiger partial charge in [-0.2, -0.15) is 0 Å². The van der Waals surface area contributed by atoms with Crippen LogP contribution in [0.1, 0.15) is 25.5 Å². The van der Waals surface area contributed by atoms with Crippen molar-refractivity contribution in [1.82, 2.24) is 25.1 Å². The second kappa shape index (κ2) is 6.83. The van der Waals surface area contributed by atoms with E-state index in [1.165, 1.54) is 11.0 Å². The van der Waals surface area contributed by atoms with Crippen LogP contribution in [0.2, 0.25) is 0 Å². The first-order valence-corrected chi connectivity index (χ1v) is 6.80. The zero-order valence-electron chi connectivity index (χ0n) is 12.4. The summed E-state index contributed by atoms with van der Waals surface area (Å²) in [6, 6.07) is 7.69. The number of rotatable bonds is 6. The van der Waals surface area contributed by atoms with E-state index >= 15 is 0 Å². The van der Waals surface area contributed by atoms with Crippen LogP contribution in [0.25, 0.3) is 0 Å². The molecule has 0 radical (unpaired) electrons. The highest BCUT2D eigenvalue weighted by Gasteiger charge is 2.20. The zero-order valence-corrected chi connectivity index (χ0v) is 12.4. The molecule has 0 aliphatic carbocycles. The molecule has 0 aliphatic heterocycles. The van der Waals surface area contributed by atoms with Gasteiger partial charge in [0, 0.05) is 6.54 Å². The van der Waals surface area contributed by atoms with Gasteiger partial charge in [0.1, 0.15) is 18.6 Å². The molecule has 2 aromatic rings. The van der Waals surface area contributed by atoms with Crippen molar-refractivity contribution in [3.05, 3.63) is 36.2 Å². The number of carbonyl (C=O) groups excluding carboxylic acids is 1. The molecule has 0 N–H and O–H groups in total. The fourth-order valence-corrected chi connectivity index (χ4v) is 2.23. The average Bonchev–Trinajstić information content (AvgIpc) is 3.00. The Labute approximate surface area is 123 Å². The smallest absolute Gasteiger partial charge is 0.244 e. The Hall–Kier alpha value is -2.44. The third kappa shape index (κ3) is 3.56. The van der Waals surface area contributed by atoms with Crippen LogP contribution in [0, 0.1) is 0 Å². The van der Waals surface area contributed by atoms with Crippen molar-refractivity contribution >= 4 is 5.91 Å². The van der Waals surface area contributed by atoms with Crippen molar-refractivity contribution in [1.29, 1.82) is 0 Å². The van der Waals surface area contributed by atoms with E-state index in [9.17, 15) is 4.79 Å². The van der Waals surface area contributed by atoms with Crippen LogP contribution in [-0.2, 0) is 11.3 Å². The standard InChI is InChI=1S/C14H19N5O2/c1-4-19(14(20)9-18-10-15-16-17-18)11(2)12-6-5-7-13(8-12)21-3/h5-8,10-11H,4,9H2,1-3H3. The lowest BCUT2D eigenvalue weighted by molar-refractivity contribution is -0.134. The van der Waals surface area contributed by atoms with Gasteiger partial charge in [0.25, 0.3) is 0 Å². The number of carbonyl (C=O) groups is 1. The van der Waals surface area contributed by atoms with Crippen molar-refractivity contribution < 1.29 is 9.53 Å². The number of aromatic nitrogens is 4. The minimum absolute atomic E-state index is 0.0277. The van der Waals surface area contributed by atoms with Gasteiger partial charge in [0.15, 0.2) is 0 Å². The molecule has 0 fully saturated rings. The monoisotopic (exact) mass is 289 g/mol. The number of likely N-dealkylation sites (N-methyl/N-ethyl adjacent to an activating group) is 1. The number of methoxy groups -OCH3 is 1. The Kier molecular flexibility index (Phi) is 4.86. The number of benzene rings is 1. The molecule has 7 heteroatoms. The summed E-state index contributed by atoms with van der Waals surface area (Å²) in [5.74, 6) is 0.753. The van der Waals surface area contributed by atoms with Crippen LogP contribution in [0.3, 0.4) is 0 Å². The van der Waals surface area contributed by atoms with Crippen LogP contribution in [0.5, 0.6) is 5.75 Å². The molecule has 1 amide bonds. The summed E-state index contributed by atoms with van der Waals surface area (Å²) in [5.41, 5.74) is 1.03. The van der Waals surface area contributed by atoms with Gasteiger partial charge in [-0.15, -0.1) is 5.10 Å². The van der Waals surface area contributed by atoms with Crippen LogP contribution in [-0.4, -0.2) is 44.7 Å². The quantitative estimate of drug-likeness (QED) is 0.801. The molecule has 21 heavy (non-hydrogen) atoms. The van der Waals surface area contributed by atoms with E-state index < -0.39 is 0 Å². The topological polar surface area (TPSA) is 73.1 Å². The van der Waals surface area contributed by atoms with Gasteiger partial charge in [0.2, 0.25) is 5.91 Å². The second-order valence-corrected chi connectivity index (χ2v) is 4.64. The molecule has 1 atom stereocenters. The number of amides is 1. The lowest BCUT2D eigenvalue weighted by Crippen LogP contribution is -2.36. The predicted octanol–water partition coefficient (Wildman–Crippen LogP) is 1.29. The molecule has 0 saturated carbocycles. The molecule has 1 heterocycles. The normalized spacial score (nSPS) is 12.0. The largest absolute Gasteiger partial charge is 0.497 e. The maximum Gasteiger partial charge on any atom is 0.244 e. The first kappa shape index (κ1) is 15.0. The van der Waals surface area contributed by atoms with Crippen molar-refractivity contribution in [2.45, 2.75) is 26.4 Å². The van der Waals surface area contributed by atoms with Gasteiger partial charge in [-0.3, -0.25) is 4.79 Å². The van der Waals surface area contributed by atoms with Gasteiger partial charge in [0.05, 0.1) is 13.2 Å². The molecule has 1 aromatic carbocycles. The fraction of sp³-hybridized carbons (Fsp3) is 0.429. The third-order valence-electron chi connectivity index (χ3n) is 3.39. The van der Waals surface area contributed by atoms with E-state index in [4.69, 9.17) is 4.74 Å². The summed E-state index contributed by atoms with van der Waals surface area (Å²) in [4.78, 5) is 14.2. The molecule has 2 rings (SSSR count). The summed E-state index contributed by atoms with van der Waals surface area (Å²) in [6.45, 7) is 4.69. The van der Waals surface area contributed by atoms with Crippen molar-refractivity contribution in [2.24, 2.45) is 0 Å². The molecular formula is C14H19N5O2. The Bertz CT molecular complexity index is 585. The highest BCUT2D eigenvalue weighted by molar-refractivity contribution is 5.76. The van der Waals surface area contributed by atoms with Crippen LogP contribution in [0.15, 0.2) is 30.6 Å². The number of hydrogen-bond donors (Lipinski definition) is 0. The molecule has 7 nitrogen and oxygen atoms in total. The summed E-state index contributed by atoms with van der Waals surface area (Å²) in [6.07, 6.45) is 1.43. The van der Waals surface area contributed by atoms with Crippen molar-refractivity contribution in [3.8, 4) is 5.75 Å². The highest BCUT2D eigenvalue weighted by atomic mass is 16.5. The van der Waals surface area contributed by atoms with E-state index in [-0.39, 0.29) is 18.5 Å². The minimum atomic E-state index is -0.0471. The zero-order chi connectivity index (χ0) is 15.2. The summed E-state index contributed by atoms with van der Waals surface area (Å²) >= 11 is 0. The molecule has 0 saturated heterocycles. The summed E-state index contributed by atoms with van der Waals surface area (Å²) in [5, 5.41) is 10.8.